The number of halogens is 3. The van der Waals surface area contributed by atoms with Crippen LogP contribution in [-0.4, -0.2) is 18.0 Å². The summed E-state index contributed by atoms with van der Waals surface area (Å²) in [5, 5.41) is 2.62. The Morgan fingerprint density at radius 1 is 1.11 bits per heavy atom. The number of nitrogen functional groups attached to an aromatic ring is 1. The van der Waals surface area contributed by atoms with Gasteiger partial charge in [0.05, 0.1) is 11.3 Å². The van der Waals surface area contributed by atoms with E-state index >= 15 is 0 Å². The molecule has 3 N–H and O–H groups in total. The highest BCUT2D eigenvalue weighted by Crippen LogP contribution is 2.33. The summed E-state index contributed by atoms with van der Waals surface area (Å²) in [6.45, 7) is 4.17. The first-order valence-corrected chi connectivity index (χ1v) is 10.1. The van der Waals surface area contributed by atoms with Gasteiger partial charge >= 0.3 is 6.18 Å². The average Bonchev–Trinajstić information content (AvgIpc) is 3.02. The van der Waals surface area contributed by atoms with Crippen molar-refractivity contribution in [1.82, 2.24) is 4.98 Å². The van der Waals surface area contributed by atoms with Crippen molar-refractivity contribution >= 4 is 26.6 Å². The lowest BCUT2D eigenvalue weighted by Gasteiger charge is -2.09. The van der Waals surface area contributed by atoms with Gasteiger partial charge in [-0.3, -0.25) is 4.55 Å². The molecular formula is C18H17F3N2O3S2. The molecule has 3 aromatic rings. The minimum Gasteiger partial charge on any atom is -0.375 e. The third-order valence-corrected chi connectivity index (χ3v) is 5.25. The monoisotopic (exact) mass is 430 g/mol. The molecule has 0 amide bonds. The molecule has 1 heterocycles. The van der Waals surface area contributed by atoms with Crippen molar-refractivity contribution in [2.75, 3.05) is 5.73 Å². The van der Waals surface area contributed by atoms with Crippen LogP contribution in [0.3, 0.4) is 0 Å². The smallest absolute Gasteiger partial charge is 0.375 e. The minimum absolute atomic E-state index is 0.586. The van der Waals surface area contributed by atoms with Crippen molar-refractivity contribution in [1.29, 1.82) is 0 Å². The number of benzene rings is 2. The Morgan fingerprint density at radius 3 is 2.25 bits per heavy atom. The van der Waals surface area contributed by atoms with Crippen LogP contribution in [-0.2, 0) is 16.3 Å². The molecule has 0 bridgehead atoms. The predicted octanol–water partition coefficient (Wildman–Crippen LogP) is 4.96. The van der Waals surface area contributed by atoms with Gasteiger partial charge in [-0.1, -0.05) is 29.8 Å². The van der Waals surface area contributed by atoms with Crippen molar-refractivity contribution in [3.05, 3.63) is 64.5 Å². The zero-order chi connectivity index (χ0) is 21.1. The molecule has 28 heavy (non-hydrogen) atoms. The Labute approximate surface area is 164 Å². The third-order valence-electron chi connectivity index (χ3n) is 3.66. The summed E-state index contributed by atoms with van der Waals surface area (Å²) in [5.41, 5.74) is 8.88. The number of hydrogen-bond donors (Lipinski definition) is 2. The maximum atomic E-state index is 12.2. The Hall–Kier alpha value is -2.43. The van der Waals surface area contributed by atoms with Gasteiger partial charge in [-0.15, -0.1) is 11.3 Å². The Balaban J connectivity index is 0.000000200. The number of nitrogens with two attached hydrogens (primary N) is 1. The van der Waals surface area contributed by atoms with Crippen molar-refractivity contribution in [2.45, 2.75) is 24.9 Å². The molecule has 0 unspecified atom stereocenters. The standard InChI is InChI=1S/C11H12N2S.C7H5F3O3S/c1-7-3-4-8(2)9(5-7)10-6-14-11(12)13-10;8-7(9,10)5-3-1-2-4-6(5)14(11,12)13/h3-6H,1-2H3,(H2,12,13);1-4H,(H,11,12,13). The number of hydrogen-bond acceptors (Lipinski definition) is 5. The van der Waals surface area contributed by atoms with E-state index in [0.717, 1.165) is 17.8 Å². The van der Waals surface area contributed by atoms with Gasteiger partial charge in [-0.2, -0.15) is 21.6 Å². The highest BCUT2D eigenvalue weighted by molar-refractivity contribution is 7.85. The number of nitrogens with zero attached hydrogens (tertiary/aromatic N) is 1. The Morgan fingerprint density at radius 2 is 1.75 bits per heavy atom. The Bertz CT molecular complexity index is 1080. The quantitative estimate of drug-likeness (QED) is 0.561. The maximum absolute atomic E-state index is 12.2. The summed E-state index contributed by atoms with van der Waals surface area (Å²) < 4.78 is 66.2. The number of anilines is 1. The second-order valence-electron chi connectivity index (χ2n) is 5.86. The molecule has 0 saturated carbocycles. The van der Waals surface area contributed by atoms with E-state index in [1.54, 1.807) is 0 Å². The van der Waals surface area contributed by atoms with Crippen molar-refractivity contribution in [3.63, 3.8) is 0 Å². The lowest BCUT2D eigenvalue weighted by Crippen LogP contribution is -2.12. The van der Waals surface area contributed by atoms with E-state index in [1.165, 1.54) is 28.0 Å². The molecule has 2 aromatic carbocycles. The summed E-state index contributed by atoms with van der Waals surface area (Å²) in [7, 11) is -4.84. The van der Waals surface area contributed by atoms with E-state index in [2.05, 4.69) is 37.0 Å². The number of alkyl halides is 3. The van der Waals surface area contributed by atoms with Crippen LogP contribution in [0.4, 0.5) is 18.3 Å². The van der Waals surface area contributed by atoms with Crippen molar-refractivity contribution in [3.8, 4) is 11.3 Å². The van der Waals surface area contributed by atoms with Gasteiger partial charge in [0.2, 0.25) is 0 Å². The molecule has 0 spiro atoms. The first kappa shape index (κ1) is 21.9. The number of aromatic nitrogens is 1. The van der Waals surface area contributed by atoms with Gasteiger partial charge in [-0.25, -0.2) is 4.98 Å². The number of thiazole rings is 1. The second-order valence-corrected chi connectivity index (χ2v) is 8.14. The van der Waals surface area contributed by atoms with Crippen LogP contribution < -0.4 is 5.73 Å². The molecule has 3 rings (SSSR count). The van der Waals surface area contributed by atoms with E-state index in [4.69, 9.17) is 10.3 Å². The van der Waals surface area contributed by atoms with E-state index in [9.17, 15) is 21.6 Å². The molecule has 1 aromatic heterocycles. The normalized spacial score (nSPS) is 11.6. The number of rotatable bonds is 2. The fourth-order valence-electron chi connectivity index (χ4n) is 2.35. The fraction of sp³-hybridized carbons (Fsp3) is 0.167. The summed E-state index contributed by atoms with van der Waals surface area (Å²) >= 11 is 1.48. The van der Waals surface area contributed by atoms with Crippen LogP contribution in [0.1, 0.15) is 16.7 Å². The first-order chi connectivity index (χ1) is 12.9. The number of aryl methyl sites for hydroxylation is 2. The first-order valence-electron chi connectivity index (χ1n) is 7.82. The molecule has 0 atom stereocenters. The van der Waals surface area contributed by atoms with Gasteiger partial charge < -0.3 is 5.73 Å². The summed E-state index contributed by atoms with van der Waals surface area (Å²) in [6, 6.07) is 9.77. The molecule has 0 radical (unpaired) electrons. The van der Waals surface area contributed by atoms with Gasteiger partial charge in [0.15, 0.2) is 5.13 Å². The molecule has 0 aliphatic carbocycles. The van der Waals surface area contributed by atoms with Crippen LogP contribution in [0, 0.1) is 13.8 Å². The van der Waals surface area contributed by atoms with E-state index < -0.39 is 26.8 Å². The van der Waals surface area contributed by atoms with Gasteiger partial charge in [0.25, 0.3) is 10.1 Å². The lowest BCUT2D eigenvalue weighted by atomic mass is 10.0. The topological polar surface area (TPSA) is 93.3 Å². The predicted molar refractivity (Wildman–Crippen MR) is 103 cm³/mol. The molecule has 10 heteroatoms. The third kappa shape index (κ3) is 5.54. The summed E-state index contributed by atoms with van der Waals surface area (Å²) in [6.07, 6.45) is -4.80. The van der Waals surface area contributed by atoms with Crippen molar-refractivity contribution in [2.24, 2.45) is 0 Å². The highest BCUT2D eigenvalue weighted by atomic mass is 32.2. The zero-order valence-electron chi connectivity index (χ0n) is 14.9. The molecule has 150 valence electrons. The van der Waals surface area contributed by atoms with Gasteiger partial charge in [0.1, 0.15) is 4.90 Å². The largest absolute Gasteiger partial charge is 0.417 e. The van der Waals surface area contributed by atoms with Crippen LogP contribution in [0.2, 0.25) is 0 Å². The maximum Gasteiger partial charge on any atom is 0.417 e. The highest BCUT2D eigenvalue weighted by Gasteiger charge is 2.36. The van der Waals surface area contributed by atoms with E-state index in [-0.39, 0.29) is 0 Å². The fourth-order valence-corrected chi connectivity index (χ4v) is 3.62. The van der Waals surface area contributed by atoms with E-state index in [0.29, 0.717) is 17.3 Å². The zero-order valence-corrected chi connectivity index (χ0v) is 16.5. The second kappa shape index (κ2) is 8.29. The van der Waals surface area contributed by atoms with E-state index in [1.807, 2.05) is 5.38 Å². The van der Waals surface area contributed by atoms with Crippen LogP contribution >= 0.6 is 11.3 Å². The lowest BCUT2D eigenvalue weighted by molar-refractivity contribution is -0.140. The van der Waals surface area contributed by atoms with Crippen LogP contribution in [0.5, 0.6) is 0 Å². The SMILES string of the molecule is Cc1ccc(C)c(-c2csc(N)n2)c1.O=S(=O)(O)c1ccccc1C(F)(F)F. The molecule has 5 nitrogen and oxygen atoms in total. The van der Waals surface area contributed by atoms with Gasteiger partial charge in [-0.05, 0) is 37.6 Å². The Kier molecular flexibility index (Phi) is 6.48. The summed E-state index contributed by atoms with van der Waals surface area (Å²) in [5.74, 6) is 0. The minimum atomic E-state index is -4.84. The molecule has 0 aliphatic heterocycles. The van der Waals surface area contributed by atoms with Crippen LogP contribution in [0.25, 0.3) is 11.3 Å². The molecule has 0 aliphatic rings. The van der Waals surface area contributed by atoms with Crippen LogP contribution in [0.15, 0.2) is 52.7 Å². The van der Waals surface area contributed by atoms with Gasteiger partial charge in [0, 0.05) is 10.9 Å². The average molecular weight is 430 g/mol. The molecular weight excluding hydrogens is 413 g/mol. The molecule has 0 fully saturated rings. The van der Waals surface area contributed by atoms with Crippen molar-refractivity contribution < 1.29 is 26.1 Å². The molecule has 0 saturated heterocycles. The summed E-state index contributed by atoms with van der Waals surface area (Å²) in [4.78, 5) is 3.15.